The Bertz CT molecular complexity index is 625. The number of nitro groups is 1. The van der Waals surface area contributed by atoms with Crippen molar-refractivity contribution < 1.29 is 23.2 Å². The summed E-state index contributed by atoms with van der Waals surface area (Å²) in [6.07, 6.45) is 0. The summed E-state index contributed by atoms with van der Waals surface area (Å²) in [5.74, 6) is -1.32. The van der Waals surface area contributed by atoms with Gasteiger partial charge >= 0.3 is 5.97 Å². The SMILES string of the molecule is Cc1cc([N+](=O)[O-])ccc1S(=O)(=O)N[C@H](C)C(=O)O. The van der Waals surface area contributed by atoms with Crippen LogP contribution in [0.5, 0.6) is 0 Å². The van der Waals surface area contributed by atoms with Crippen LogP contribution in [0.4, 0.5) is 5.69 Å². The molecule has 1 aromatic rings. The highest BCUT2D eigenvalue weighted by molar-refractivity contribution is 7.89. The molecule has 8 nitrogen and oxygen atoms in total. The van der Waals surface area contributed by atoms with Crippen molar-refractivity contribution in [1.29, 1.82) is 0 Å². The number of non-ortho nitro benzene ring substituents is 1. The predicted octanol–water partition coefficient (Wildman–Crippen LogP) is 0.655. The normalized spacial score (nSPS) is 12.9. The van der Waals surface area contributed by atoms with Crippen LogP contribution in [0.2, 0.25) is 0 Å². The molecule has 1 rings (SSSR count). The molecular formula is C10H12N2O6S. The summed E-state index contributed by atoms with van der Waals surface area (Å²) in [4.78, 5) is 20.3. The zero-order valence-corrected chi connectivity index (χ0v) is 11.0. The molecule has 9 heteroatoms. The summed E-state index contributed by atoms with van der Waals surface area (Å²) in [5, 5.41) is 19.2. The van der Waals surface area contributed by atoms with E-state index in [0.717, 1.165) is 18.2 Å². The maximum Gasteiger partial charge on any atom is 0.321 e. The van der Waals surface area contributed by atoms with E-state index in [-0.39, 0.29) is 16.1 Å². The number of carboxylic acids is 1. The van der Waals surface area contributed by atoms with Crippen molar-refractivity contribution in [2.45, 2.75) is 24.8 Å². The second-order valence-electron chi connectivity index (χ2n) is 3.89. The van der Waals surface area contributed by atoms with E-state index in [9.17, 15) is 23.3 Å². The molecule has 0 fully saturated rings. The fourth-order valence-electron chi connectivity index (χ4n) is 1.40. The summed E-state index contributed by atoms with van der Waals surface area (Å²) >= 11 is 0. The Labute approximate surface area is 109 Å². The largest absolute Gasteiger partial charge is 0.480 e. The molecule has 0 aliphatic carbocycles. The van der Waals surface area contributed by atoms with Crippen molar-refractivity contribution in [1.82, 2.24) is 4.72 Å². The lowest BCUT2D eigenvalue weighted by Gasteiger charge is -2.11. The minimum atomic E-state index is -4.03. The average molecular weight is 288 g/mol. The number of nitrogens with zero attached hydrogens (tertiary/aromatic N) is 1. The monoisotopic (exact) mass is 288 g/mol. The first kappa shape index (κ1) is 15.1. The highest BCUT2D eigenvalue weighted by Crippen LogP contribution is 2.21. The number of aryl methyl sites for hydroxylation is 1. The Hall–Kier alpha value is -2.00. The fourth-order valence-corrected chi connectivity index (χ4v) is 2.82. The molecule has 19 heavy (non-hydrogen) atoms. The van der Waals surface area contributed by atoms with Gasteiger partial charge in [0.15, 0.2) is 0 Å². The number of nitrogens with one attached hydrogen (secondary N) is 1. The molecule has 1 aromatic carbocycles. The van der Waals surface area contributed by atoms with E-state index >= 15 is 0 Å². The minimum Gasteiger partial charge on any atom is -0.480 e. The van der Waals surface area contributed by atoms with E-state index in [0.29, 0.717) is 0 Å². The van der Waals surface area contributed by atoms with Crippen LogP contribution in [0.15, 0.2) is 23.1 Å². The molecule has 0 amide bonds. The fraction of sp³-hybridized carbons (Fsp3) is 0.300. The van der Waals surface area contributed by atoms with Crippen molar-refractivity contribution in [3.8, 4) is 0 Å². The Morgan fingerprint density at radius 1 is 1.47 bits per heavy atom. The number of hydrogen-bond donors (Lipinski definition) is 2. The second-order valence-corrected chi connectivity index (χ2v) is 5.57. The maximum atomic E-state index is 11.9. The highest BCUT2D eigenvalue weighted by Gasteiger charge is 2.24. The van der Waals surface area contributed by atoms with Crippen molar-refractivity contribution in [2.24, 2.45) is 0 Å². The molecule has 0 aliphatic rings. The lowest BCUT2D eigenvalue weighted by molar-refractivity contribution is -0.385. The van der Waals surface area contributed by atoms with Gasteiger partial charge in [-0.05, 0) is 25.5 Å². The molecule has 0 bridgehead atoms. The second kappa shape index (κ2) is 5.33. The Morgan fingerprint density at radius 2 is 2.05 bits per heavy atom. The average Bonchev–Trinajstić information content (AvgIpc) is 2.27. The minimum absolute atomic E-state index is 0.166. The van der Waals surface area contributed by atoms with Crippen molar-refractivity contribution in [2.75, 3.05) is 0 Å². The molecule has 0 spiro atoms. The molecular weight excluding hydrogens is 276 g/mol. The number of rotatable bonds is 5. The van der Waals surface area contributed by atoms with Crippen LogP contribution in [0.25, 0.3) is 0 Å². The summed E-state index contributed by atoms with van der Waals surface area (Å²) in [6, 6.07) is 1.94. The van der Waals surface area contributed by atoms with Crippen molar-refractivity contribution in [3.63, 3.8) is 0 Å². The number of nitro benzene ring substituents is 1. The molecule has 0 saturated heterocycles. The molecule has 0 saturated carbocycles. The number of carboxylic acid groups (broad SMARTS) is 1. The van der Waals surface area contributed by atoms with Gasteiger partial charge in [0.05, 0.1) is 9.82 Å². The zero-order chi connectivity index (χ0) is 14.8. The smallest absolute Gasteiger partial charge is 0.321 e. The van der Waals surface area contributed by atoms with Gasteiger partial charge in [0.1, 0.15) is 6.04 Å². The molecule has 0 heterocycles. The number of carbonyl (C=O) groups is 1. The third-order valence-corrected chi connectivity index (χ3v) is 4.06. The van der Waals surface area contributed by atoms with Gasteiger partial charge < -0.3 is 5.11 Å². The molecule has 104 valence electrons. The lowest BCUT2D eigenvalue weighted by Crippen LogP contribution is -2.38. The van der Waals surface area contributed by atoms with E-state index in [4.69, 9.17) is 5.11 Å². The van der Waals surface area contributed by atoms with Gasteiger partial charge in [-0.2, -0.15) is 4.72 Å². The quantitative estimate of drug-likeness (QED) is 0.605. The molecule has 1 atom stereocenters. The lowest BCUT2D eigenvalue weighted by atomic mass is 10.2. The standard InChI is InChI=1S/C10H12N2O6S/c1-6-5-8(12(15)16)3-4-9(6)19(17,18)11-7(2)10(13)14/h3-5,7,11H,1-2H3,(H,13,14)/t7-/m1/s1. The summed E-state index contributed by atoms with van der Waals surface area (Å²) in [7, 11) is -4.03. The van der Waals surface area contributed by atoms with Gasteiger partial charge in [-0.15, -0.1) is 0 Å². The third kappa shape index (κ3) is 3.48. The van der Waals surface area contributed by atoms with E-state index in [2.05, 4.69) is 0 Å². The number of hydrogen-bond acceptors (Lipinski definition) is 5. The molecule has 2 N–H and O–H groups in total. The van der Waals surface area contributed by atoms with Crippen LogP contribution in [-0.4, -0.2) is 30.5 Å². The van der Waals surface area contributed by atoms with Gasteiger partial charge in [-0.1, -0.05) is 0 Å². The van der Waals surface area contributed by atoms with Crippen LogP contribution in [0.1, 0.15) is 12.5 Å². The first-order valence-electron chi connectivity index (χ1n) is 5.15. The van der Waals surface area contributed by atoms with E-state index in [1.807, 2.05) is 4.72 Å². The maximum absolute atomic E-state index is 11.9. The predicted molar refractivity (Wildman–Crippen MR) is 65.3 cm³/mol. The number of sulfonamides is 1. The summed E-state index contributed by atoms with van der Waals surface area (Å²) in [6.45, 7) is 2.58. The van der Waals surface area contributed by atoms with Crippen LogP contribution in [0.3, 0.4) is 0 Å². The van der Waals surface area contributed by atoms with Gasteiger partial charge in [0, 0.05) is 12.1 Å². The Kier molecular flexibility index (Phi) is 4.22. The van der Waals surface area contributed by atoms with Gasteiger partial charge in [-0.25, -0.2) is 8.42 Å². The topological polar surface area (TPSA) is 127 Å². The van der Waals surface area contributed by atoms with Crippen LogP contribution >= 0.6 is 0 Å². The van der Waals surface area contributed by atoms with Gasteiger partial charge in [0.2, 0.25) is 10.0 Å². The first-order chi connectivity index (χ1) is 8.65. The van der Waals surface area contributed by atoms with Crippen LogP contribution in [0, 0.1) is 17.0 Å². The Morgan fingerprint density at radius 3 is 2.47 bits per heavy atom. The molecule has 0 radical (unpaired) electrons. The van der Waals surface area contributed by atoms with Crippen molar-refractivity contribution in [3.05, 3.63) is 33.9 Å². The van der Waals surface area contributed by atoms with Crippen molar-refractivity contribution >= 4 is 21.7 Å². The van der Waals surface area contributed by atoms with E-state index < -0.39 is 27.0 Å². The zero-order valence-electron chi connectivity index (χ0n) is 10.2. The summed E-state index contributed by atoms with van der Waals surface area (Å²) < 4.78 is 25.8. The molecule has 0 aromatic heterocycles. The highest BCUT2D eigenvalue weighted by atomic mass is 32.2. The van der Waals surface area contributed by atoms with Crippen LogP contribution in [-0.2, 0) is 14.8 Å². The van der Waals surface area contributed by atoms with Crippen LogP contribution < -0.4 is 4.72 Å². The number of benzene rings is 1. The molecule has 0 unspecified atom stereocenters. The summed E-state index contributed by atoms with van der Waals surface area (Å²) in [5.41, 5.74) is -0.0676. The third-order valence-electron chi connectivity index (χ3n) is 2.36. The number of aliphatic carboxylic acids is 1. The van der Waals surface area contributed by atoms with E-state index in [1.165, 1.54) is 13.8 Å². The van der Waals surface area contributed by atoms with E-state index in [1.54, 1.807) is 0 Å². The van der Waals surface area contributed by atoms with Gasteiger partial charge in [-0.3, -0.25) is 14.9 Å². The Balaban J connectivity index is 3.16. The van der Waals surface area contributed by atoms with Gasteiger partial charge in [0.25, 0.3) is 5.69 Å². The molecule has 0 aliphatic heterocycles. The first-order valence-corrected chi connectivity index (χ1v) is 6.63.